The van der Waals surface area contributed by atoms with E-state index in [1.807, 2.05) is 42.5 Å². The molecule has 0 saturated heterocycles. The summed E-state index contributed by atoms with van der Waals surface area (Å²) in [7, 11) is 0. The SMILES string of the molecule is Cl.Nc1c(NCc2ccccc2)ccc2ncccc12. The molecule has 0 aliphatic carbocycles. The number of aromatic nitrogens is 1. The number of benzene rings is 2. The van der Waals surface area contributed by atoms with Crippen LogP contribution >= 0.6 is 12.4 Å². The largest absolute Gasteiger partial charge is 0.397 e. The molecule has 0 amide bonds. The molecule has 0 radical (unpaired) electrons. The first-order valence-electron chi connectivity index (χ1n) is 6.25. The van der Waals surface area contributed by atoms with Gasteiger partial charge in [-0.15, -0.1) is 12.4 Å². The minimum Gasteiger partial charge on any atom is -0.397 e. The fourth-order valence-corrected chi connectivity index (χ4v) is 2.12. The average Bonchev–Trinajstić information content (AvgIpc) is 2.48. The van der Waals surface area contributed by atoms with Crippen LogP contribution in [0.3, 0.4) is 0 Å². The highest BCUT2D eigenvalue weighted by atomic mass is 35.5. The van der Waals surface area contributed by atoms with E-state index in [0.29, 0.717) is 0 Å². The third-order valence-corrected chi connectivity index (χ3v) is 3.15. The molecule has 0 aliphatic heterocycles. The molecule has 2 aromatic carbocycles. The second-order valence-electron chi connectivity index (χ2n) is 4.44. The summed E-state index contributed by atoms with van der Waals surface area (Å²) in [6.45, 7) is 0.761. The van der Waals surface area contributed by atoms with Gasteiger partial charge < -0.3 is 11.1 Å². The first-order chi connectivity index (χ1) is 9.34. The zero-order valence-electron chi connectivity index (χ0n) is 10.9. The maximum Gasteiger partial charge on any atom is 0.0724 e. The van der Waals surface area contributed by atoms with E-state index in [4.69, 9.17) is 5.73 Å². The van der Waals surface area contributed by atoms with E-state index in [9.17, 15) is 0 Å². The summed E-state index contributed by atoms with van der Waals surface area (Å²) >= 11 is 0. The highest BCUT2D eigenvalue weighted by molar-refractivity contribution is 5.96. The summed E-state index contributed by atoms with van der Waals surface area (Å²) in [5, 5.41) is 4.36. The molecule has 0 atom stereocenters. The number of nitrogens with one attached hydrogen (secondary N) is 1. The van der Waals surface area contributed by atoms with Crippen LogP contribution in [0.25, 0.3) is 10.9 Å². The van der Waals surface area contributed by atoms with E-state index in [-0.39, 0.29) is 12.4 Å². The fourth-order valence-electron chi connectivity index (χ4n) is 2.12. The number of hydrogen-bond acceptors (Lipinski definition) is 3. The van der Waals surface area contributed by atoms with Crippen LogP contribution < -0.4 is 11.1 Å². The van der Waals surface area contributed by atoms with Crippen molar-refractivity contribution in [3.8, 4) is 0 Å². The number of fused-ring (bicyclic) bond motifs is 1. The Bertz CT molecular complexity index is 698. The molecule has 20 heavy (non-hydrogen) atoms. The smallest absolute Gasteiger partial charge is 0.0724 e. The minimum atomic E-state index is 0. The van der Waals surface area contributed by atoms with Gasteiger partial charge in [0, 0.05) is 18.1 Å². The van der Waals surface area contributed by atoms with Gasteiger partial charge in [0.25, 0.3) is 0 Å². The molecule has 3 aromatic rings. The van der Waals surface area contributed by atoms with Crippen LogP contribution in [-0.4, -0.2) is 4.98 Å². The fraction of sp³-hybridized carbons (Fsp3) is 0.0625. The van der Waals surface area contributed by atoms with Crippen molar-refractivity contribution < 1.29 is 0 Å². The average molecular weight is 286 g/mol. The van der Waals surface area contributed by atoms with Crippen LogP contribution in [0.2, 0.25) is 0 Å². The molecule has 0 spiro atoms. The Hall–Kier alpha value is -2.26. The molecule has 102 valence electrons. The normalized spacial score (nSPS) is 10.0. The number of nitrogens with two attached hydrogens (primary N) is 1. The summed E-state index contributed by atoms with van der Waals surface area (Å²) in [5.74, 6) is 0. The van der Waals surface area contributed by atoms with Crippen molar-refractivity contribution in [2.45, 2.75) is 6.54 Å². The van der Waals surface area contributed by atoms with Crippen molar-refractivity contribution in [3.63, 3.8) is 0 Å². The summed E-state index contributed by atoms with van der Waals surface area (Å²) in [5.41, 5.74) is 10.0. The molecule has 3 N–H and O–H groups in total. The maximum absolute atomic E-state index is 6.18. The Morgan fingerprint density at radius 2 is 1.75 bits per heavy atom. The molecule has 0 aliphatic rings. The number of nitrogen functional groups attached to an aromatic ring is 1. The van der Waals surface area contributed by atoms with Crippen molar-refractivity contribution in [1.82, 2.24) is 4.98 Å². The molecule has 4 heteroatoms. The predicted molar refractivity (Wildman–Crippen MR) is 87.2 cm³/mol. The summed E-state index contributed by atoms with van der Waals surface area (Å²) < 4.78 is 0. The lowest BCUT2D eigenvalue weighted by Crippen LogP contribution is -2.02. The Balaban J connectivity index is 0.00000147. The Kier molecular flexibility index (Phi) is 4.43. The molecule has 1 heterocycles. The van der Waals surface area contributed by atoms with Gasteiger partial charge in [-0.25, -0.2) is 0 Å². The van der Waals surface area contributed by atoms with Crippen molar-refractivity contribution in [1.29, 1.82) is 0 Å². The first kappa shape index (κ1) is 14.2. The molecule has 3 nitrogen and oxygen atoms in total. The number of hydrogen-bond donors (Lipinski definition) is 2. The number of halogens is 1. The maximum atomic E-state index is 6.18. The van der Waals surface area contributed by atoms with E-state index >= 15 is 0 Å². The molecular formula is C16H16ClN3. The number of anilines is 2. The lowest BCUT2D eigenvalue weighted by atomic mass is 10.1. The predicted octanol–water partition coefficient (Wildman–Crippen LogP) is 3.85. The van der Waals surface area contributed by atoms with Crippen LogP contribution in [0, 0.1) is 0 Å². The zero-order chi connectivity index (χ0) is 13.1. The van der Waals surface area contributed by atoms with Crippen molar-refractivity contribution >= 4 is 34.7 Å². The van der Waals surface area contributed by atoms with Gasteiger partial charge in [-0.2, -0.15) is 0 Å². The third-order valence-electron chi connectivity index (χ3n) is 3.15. The van der Waals surface area contributed by atoms with Crippen LogP contribution in [0.4, 0.5) is 11.4 Å². The van der Waals surface area contributed by atoms with Crippen LogP contribution in [-0.2, 0) is 6.54 Å². The lowest BCUT2D eigenvalue weighted by Gasteiger charge is -2.11. The number of nitrogens with zero attached hydrogens (tertiary/aromatic N) is 1. The van der Waals surface area contributed by atoms with Gasteiger partial charge in [0.05, 0.1) is 16.9 Å². The van der Waals surface area contributed by atoms with Gasteiger partial charge in [-0.1, -0.05) is 30.3 Å². The Morgan fingerprint density at radius 3 is 2.55 bits per heavy atom. The Morgan fingerprint density at radius 1 is 0.950 bits per heavy atom. The topological polar surface area (TPSA) is 50.9 Å². The second kappa shape index (κ2) is 6.26. The zero-order valence-corrected chi connectivity index (χ0v) is 11.7. The quantitative estimate of drug-likeness (QED) is 0.719. The van der Waals surface area contributed by atoms with Crippen molar-refractivity contribution in [2.75, 3.05) is 11.1 Å². The molecule has 0 saturated carbocycles. The second-order valence-corrected chi connectivity index (χ2v) is 4.44. The number of rotatable bonds is 3. The van der Waals surface area contributed by atoms with Gasteiger partial charge >= 0.3 is 0 Å². The van der Waals surface area contributed by atoms with E-state index in [1.54, 1.807) is 6.20 Å². The molecule has 3 rings (SSSR count). The first-order valence-corrected chi connectivity index (χ1v) is 6.25. The van der Waals surface area contributed by atoms with Crippen LogP contribution in [0.5, 0.6) is 0 Å². The summed E-state index contributed by atoms with van der Waals surface area (Å²) in [4.78, 5) is 4.29. The van der Waals surface area contributed by atoms with Crippen molar-refractivity contribution in [2.24, 2.45) is 0 Å². The van der Waals surface area contributed by atoms with Gasteiger partial charge in [0.2, 0.25) is 0 Å². The van der Waals surface area contributed by atoms with E-state index in [0.717, 1.165) is 28.8 Å². The van der Waals surface area contributed by atoms with Gasteiger partial charge in [0.1, 0.15) is 0 Å². The lowest BCUT2D eigenvalue weighted by molar-refractivity contribution is 1.15. The van der Waals surface area contributed by atoms with E-state index in [2.05, 4.69) is 22.4 Å². The van der Waals surface area contributed by atoms with Crippen molar-refractivity contribution in [3.05, 3.63) is 66.4 Å². The summed E-state index contributed by atoms with van der Waals surface area (Å²) in [6.07, 6.45) is 1.78. The third kappa shape index (κ3) is 2.83. The highest BCUT2D eigenvalue weighted by Gasteiger charge is 2.04. The Labute approximate surface area is 124 Å². The van der Waals surface area contributed by atoms with Crippen LogP contribution in [0.1, 0.15) is 5.56 Å². The monoisotopic (exact) mass is 285 g/mol. The molecule has 0 bridgehead atoms. The number of pyridine rings is 1. The molecule has 0 unspecified atom stereocenters. The molecule has 0 fully saturated rings. The molecular weight excluding hydrogens is 270 g/mol. The van der Waals surface area contributed by atoms with Gasteiger partial charge in [-0.05, 0) is 29.8 Å². The van der Waals surface area contributed by atoms with Gasteiger partial charge in [-0.3, -0.25) is 4.98 Å². The van der Waals surface area contributed by atoms with E-state index in [1.165, 1.54) is 5.56 Å². The summed E-state index contributed by atoms with van der Waals surface area (Å²) in [6, 6.07) is 18.1. The van der Waals surface area contributed by atoms with Gasteiger partial charge in [0.15, 0.2) is 0 Å². The standard InChI is InChI=1S/C16H15N3.ClH/c17-16-13-7-4-10-18-14(13)8-9-15(16)19-11-12-5-2-1-3-6-12;/h1-10,19H,11,17H2;1H. The van der Waals surface area contributed by atoms with Crippen LogP contribution in [0.15, 0.2) is 60.8 Å². The molecule has 1 aromatic heterocycles. The minimum absolute atomic E-state index is 0. The van der Waals surface area contributed by atoms with E-state index < -0.39 is 0 Å². The highest BCUT2D eigenvalue weighted by Crippen LogP contribution is 2.27.